The molecular formula is C32H44N4O4S. The zero-order valence-corrected chi connectivity index (χ0v) is 25.1. The summed E-state index contributed by atoms with van der Waals surface area (Å²) in [6.45, 7) is 4.35. The lowest BCUT2D eigenvalue weighted by molar-refractivity contribution is -0.123. The lowest BCUT2D eigenvalue weighted by atomic mass is 9.84. The predicted octanol–water partition coefficient (Wildman–Crippen LogP) is 3.98. The number of aliphatic hydroxyl groups excluding tert-OH is 1. The van der Waals surface area contributed by atoms with E-state index in [0.717, 1.165) is 11.1 Å². The van der Waals surface area contributed by atoms with Crippen LogP contribution in [0.25, 0.3) is 0 Å². The molecule has 0 bridgehead atoms. The van der Waals surface area contributed by atoms with E-state index in [2.05, 4.69) is 10.6 Å². The number of likely N-dealkylation sites (N-methyl/N-ethyl adjacent to an activating group) is 1. The number of nitrogens with one attached hydrogen (secondary N) is 2. The molecular weight excluding hydrogens is 536 g/mol. The van der Waals surface area contributed by atoms with Crippen LogP contribution in [0.15, 0.2) is 89.8 Å². The number of hydrogen-bond acceptors (Lipinski definition) is 6. The van der Waals surface area contributed by atoms with Crippen molar-refractivity contribution >= 4 is 21.6 Å². The van der Waals surface area contributed by atoms with Crippen molar-refractivity contribution in [3.05, 3.63) is 96.1 Å². The molecule has 0 aliphatic heterocycles. The lowest BCUT2D eigenvalue weighted by Gasteiger charge is -2.31. The molecule has 8 nitrogen and oxygen atoms in total. The molecule has 3 rings (SSSR count). The molecule has 5 N–H and O–H groups in total. The van der Waals surface area contributed by atoms with Crippen LogP contribution in [-0.4, -0.2) is 62.6 Å². The second-order valence-electron chi connectivity index (χ2n) is 10.7. The molecule has 9 heteroatoms. The van der Waals surface area contributed by atoms with Crippen molar-refractivity contribution in [1.29, 1.82) is 0 Å². The van der Waals surface area contributed by atoms with E-state index in [1.54, 1.807) is 19.2 Å². The van der Waals surface area contributed by atoms with Crippen molar-refractivity contribution in [3.63, 3.8) is 0 Å². The third kappa shape index (κ3) is 8.87. The third-order valence-corrected chi connectivity index (χ3v) is 9.09. The van der Waals surface area contributed by atoms with Gasteiger partial charge in [-0.05, 0) is 61.2 Å². The first-order valence-corrected chi connectivity index (χ1v) is 15.7. The fourth-order valence-electron chi connectivity index (χ4n) is 5.08. The van der Waals surface area contributed by atoms with Crippen molar-refractivity contribution < 1.29 is 18.3 Å². The minimum atomic E-state index is -3.82. The first kappa shape index (κ1) is 32.3. The van der Waals surface area contributed by atoms with Gasteiger partial charge in [-0.1, -0.05) is 80.9 Å². The molecule has 3 aromatic carbocycles. The van der Waals surface area contributed by atoms with Gasteiger partial charge >= 0.3 is 0 Å². The van der Waals surface area contributed by atoms with Crippen LogP contribution < -0.4 is 16.4 Å². The van der Waals surface area contributed by atoms with Gasteiger partial charge < -0.3 is 21.5 Å². The number of sulfonamides is 1. The van der Waals surface area contributed by atoms with Gasteiger partial charge in [-0.25, -0.2) is 8.42 Å². The van der Waals surface area contributed by atoms with E-state index in [9.17, 15) is 18.3 Å². The maximum Gasteiger partial charge on any atom is 0.243 e. The summed E-state index contributed by atoms with van der Waals surface area (Å²) in [5.74, 6) is -0.187. The van der Waals surface area contributed by atoms with E-state index in [0.29, 0.717) is 38.0 Å². The van der Waals surface area contributed by atoms with Gasteiger partial charge in [0.25, 0.3) is 0 Å². The normalized spacial score (nSPS) is 13.4. The fraction of sp³-hybridized carbons (Fsp3) is 0.406. The number of rotatable bonds is 16. The van der Waals surface area contributed by atoms with Gasteiger partial charge in [0.15, 0.2) is 0 Å². The molecule has 0 saturated carbocycles. The number of unbranched alkanes of at least 4 members (excludes halogenated alkanes) is 1. The summed E-state index contributed by atoms with van der Waals surface area (Å²) in [6.07, 6.45) is 1.76. The molecule has 0 spiro atoms. The van der Waals surface area contributed by atoms with Gasteiger partial charge in [0.2, 0.25) is 15.9 Å². The maximum absolute atomic E-state index is 13.5. The minimum Gasteiger partial charge on any atom is -0.399 e. The van der Waals surface area contributed by atoms with Gasteiger partial charge in [0.1, 0.15) is 0 Å². The molecule has 1 amide bonds. The van der Waals surface area contributed by atoms with E-state index >= 15 is 0 Å². The first-order valence-electron chi connectivity index (χ1n) is 14.2. The maximum atomic E-state index is 13.5. The average Bonchev–Trinajstić information content (AvgIpc) is 2.97. The quantitative estimate of drug-likeness (QED) is 0.150. The van der Waals surface area contributed by atoms with Gasteiger partial charge in [-0.2, -0.15) is 4.31 Å². The first-order chi connectivity index (χ1) is 19.7. The number of carbonyl (C=O) groups is 1. The fourth-order valence-corrected chi connectivity index (χ4v) is 6.89. The number of hydrogen-bond donors (Lipinski definition) is 4. The van der Waals surface area contributed by atoms with Crippen molar-refractivity contribution in [2.45, 2.75) is 56.0 Å². The van der Waals surface area contributed by atoms with Crippen LogP contribution in [-0.2, 0) is 14.8 Å². The van der Waals surface area contributed by atoms with Crippen LogP contribution in [0.2, 0.25) is 0 Å². The second kappa shape index (κ2) is 15.7. The second-order valence-corrected chi connectivity index (χ2v) is 12.6. The Labute approximate surface area is 245 Å². The van der Waals surface area contributed by atoms with Crippen LogP contribution in [0.1, 0.15) is 50.2 Å². The number of benzene rings is 3. The summed E-state index contributed by atoms with van der Waals surface area (Å²) in [5, 5.41) is 16.5. The minimum absolute atomic E-state index is 0.0764. The Morgan fingerprint density at radius 1 is 0.902 bits per heavy atom. The average molecular weight is 581 g/mol. The van der Waals surface area contributed by atoms with E-state index in [1.807, 2.05) is 74.5 Å². The highest BCUT2D eigenvalue weighted by Crippen LogP contribution is 2.28. The van der Waals surface area contributed by atoms with E-state index in [4.69, 9.17) is 5.73 Å². The Morgan fingerprint density at radius 3 is 1.95 bits per heavy atom. The molecule has 0 aliphatic rings. The SMILES string of the molecule is CN[C@H](C(=O)NCCCC[C@@H](CO)N(CC(C)C)S(=O)(=O)c1ccc(N)cc1)C(c1ccccc1)c1ccccc1. The predicted molar refractivity (Wildman–Crippen MR) is 165 cm³/mol. The van der Waals surface area contributed by atoms with Crippen LogP contribution in [0, 0.1) is 5.92 Å². The molecule has 0 heterocycles. The van der Waals surface area contributed by atoms with E-state index < -0.39 is 22.1 Å². The number of anilines is 1. The molecule has 0 aromatic heterocycles. The highest BCUT2D eigenvalue weighted by molar-refractivity contribution is 7.89. The van der Waals surface area contributed by atoms with Crippen LogP contribution in [0.5, 0.6) is 0 Å². The Balaban J connectivity index is 1.63. The zero-order chi connectivity index (χ0) is 29.8. The molecule has 0 radical (unpaired) electrons. The Bertz CT molecular complexity index is 1260. The van der Waals surface area contributed by atoms with Crippen LogP contribution in [0.4, 0.5) is 5.69 Å². The molecule has 0 unspecified atom stereocenters. The Hall–Kier alpha value is -3.24. The monoisotopic (exact) mass is 580 g/mol. The summed E-state index contributed by atoms with van der Waals surface area (Å²) in [7, 11) is -2.03. The van der Waals surface area contributed by atoms with Crippen molar-refractivity contribution in [2.75, 3.05) is 32.5 Å². The van der Waals surface area contributed by atoms with Crippen LogP contribution >= 0.6 is 0 Å². The molecule has 222 valence electrons. The van der Waals surface area contributed by atoms with E-state index in [-0.39, 0.29) is 29.2 Å². The van der Waals surface area contributed by atoms with Gasteiger partial charge in [0, 0.05) is 30.7 Å². The summed E-state index contributed by atoms with van der Waals surface area (Å²) in [5.41, 5.74) is 8.33. The molecule has 3 aromatic rings. The number of carbonyl (C=O) groups excluding carboxylic acids is 1. The van der Waals surface area contributed by atoms with Crippen molar-refractivity contribution in [2.24, 2.45) is 5.92 Å². The summed E-state index contributed by atoms with van der Waals surface area (Å²) in [4.78, 5) is 13.5. The molecule has 0 saturated heterocycles. The van der Waals surface area contributed by atoms with Crippen LogP contribution in [0.3, 0.4) is 0 Å². The highest BCUT2D eigenvalue weighted by Gasteiger charge is 2.32. The smallest absolute Gasteiger partial charge is 0.243 e. The zero-order valence-electron chi connectivity index (χ0n) is 24.2. The summed E-state index contributed by atoms with van der Waals surface area (Å²) < 4.78 is 28.4. The number of nitrogens with two attached hydrogens (primary N) is 1. The standard InChI is InChI=1S/C32H44N4O4S/c1-24(2)22-36(41(39,40)29-19-17-27(33)18-20-29)28(23-37)16-10-11-21-35-32(38)31(34-3)30(25-12-6-4-7-13-25)26-14-8-5-9-15-26/h4-9,12-15,17-20,24,28,30-31,34,37H,10-11,16,21-23,33H2,1-3H3,(H,35,38)/t28-,31-/m0/s1. The summed E-state index contributed by atoms with van der Waals surface area (Å²) >= 11 is 0. The number of nitrogens with zero attached hydrogens (tertiary/aromatic N) is 1. The summed E-state index contributed by atoms with van der Waals surface area (Å²) in [6, 6.07) is 25.0. The lowest BCUT2D eigenvalue weighted by Crippen LogP contribution is -2.47. The third-order valence-electron chi connectivity index (χ3n) is 7.16. The Morgan fingerprint density at radius 2 is 1.46 bits per heavy atom. The number of nitrogen functional groups attached to an aromatic ring is 1. The molecule has 0 fully saturated rings. The van der Waals surface area contributed by atoms with Crippen molar-refractivity contribution in [1.82, 2.24) is 14.9 Å². The molecule has 2 atom stereocenters. The van der Waals surface area contributed by atoms with Gasteiger partial charge in [0.05, 0.1) is 17.5 Å². The topological polar surface area (TPSA) is 125 Å². The van der Waals surface area contributed by atoms with Crippen molar-refractivity contribution in [3.8, 4) is 0 Å². The van der Waals surface area contributed by atoms with Gasteiger partial charge in [-0.15, -0.1) is 0 Å². The largest absolute Gasteiger partial charge is 0.399 e. The Kier molecular flexibility index (Phi) is 12.3. The van der Waals surface area contributed by atoms with Gasteiger partial charge in [-0.3, -0.25) is 4.79 Å². The molecule has 41 heavy (non-hydrogen) atoms. The number of amides is 1. The highest BCUT2D eigenvalue weighted by atomic mass is 32.2. The molecule has 0 aliphatic carbocycles. The number of aliphatic hydroxyl groups is 1. The van der Waals surface area contributed by atoms with E-state index in [1.165, 1.54) is 16.4 Å².